The van der Waals surface area contributed by atoms with Crippen molar-refractivity contribution in [1.82, 2.24) is 0 Å². The van der Waals surface area contributed by atoms with E-state index in [1.165, 1.54) is 30.4 Å². The zero-order valence-electron chi connectivity index (χ0n) is 9.68. The van der Waals surface area contributed by atoms with Crippen LogP contribution in [0.1, 0.15) is 47.0 Å². The van der Waals surface area contributed by atoms with Crippen molar-refractivity contribution < 1.29 is 4.79 Å². The van der Waals surface area contributed by atoms with E-state index in [-0.39, 0.29) is 62.6 Å². The fourth-order valence-electron chi connectivity index (χ4n) is 2.21. The average molecular weight is 232 g/mol. The van der Waals surface area contributed by atoms with Crippen molar-refractivity contribution in [2.24, 2.45) is 5.41 Å². The number of carbonyl (C=O) groups excluding carboxylic acids is 1. The molecule has 1 nitrogen and oxygen atoms in total. The summed E-state index contributed by atoms with van der Waals surface area (Å²) in [5.41, 5.74) is 3.05. The van der Waals surface area contributed by atoms with Crippen LogP contribution in [0.5, 0.6) is 0 Å². The predicted molar refractivity (Wildman–Crippen MR) is 67.3 cm³/mol. The molecule has 0 aromatic heterocycles. The maximum absolute atomic E-state index is 10.9. The molecule has 80 valence electrons. The molecule has 0 fully saturated rings. The first-order chi connectivity index (χ1) is 6.43. The molecule has 0 radical (unpaired) electrons. The van der Waals surface area contributed by atoms with Crippen molar-refractivity contribution in [3.8, 4) is 0 Å². The summed E-state index contributed by atoms with van der Waals surface area (Å²) in [5, 5.41) is 0. The van der Waals surface area contributed by atoms with E-state index >= 15 is 0 Å². The van der Waals surface area contributed by atoms with Gasteiger partial charge < -0.3 is 0 Å². The zero-order chi connectivity index (χ0) is 10.8. The monoisotopic (exact) mass is 232 g/mol. The van der Waals surface area contributed by atoms with Crippen LogP contribution in [0.15, 0.2) is 23.3 Å². The van der Waals surface area contributed by atoms with Gasteiger partial charge in [-0.1, -0.05) is 25.5 Å². The fourth-order valence-corrected chi connectivity index (χ4v) is 2.21. The predicted octanol–water partition coefficient (Wildman–Crippen LogP) is 3.01. The van der Waals surface area contributed by atoms with E-state index in [0.717, 1.165) is 0 Å². The Morgan fingerprint density at radius 2 is 2.00 bits per heavy atom. The van der Waals surface area contributed by atoms with Crippen LogP contribution in [0.4, 0.5) is 0 Å². The van der Waals surface area contributed by atoms with Gasteiger partial charge in [-0.15, -0.1) is 0 Å². The molecule has 0 N–H and O–H groups in total. The summed E-state index contributed by atoms with van der Waals surface area (Å²) in [7, 11) is 0. The topological polar surface area (TPSA) is 17.1 Å². The van der Waals surface area contributed by atoms with Gasteiger partial charge in [-0.3, -0.25) is 4.79 Å². The van der Waals surface area contributed by atoms with Crippen LogP contribution in [0.3, 0.4) is 0 Å². The normalized spacial score (nSPS) is 20.3. The first-order valence-corrected chi connectivity index (χ1v) is 5.32. The van der Waals surface area contributed by atoms with E-state index in [0.29, 0.717) is 0 Å². The van der Waals surface area contributed by atoms with E-state index in [4.69, 9.17) is 0 Å². The molecule has 0 saturated heterocycles. The van der Waals surface area contributed by atoms with Crippen LogP contribution in [0.2, 0.25) is 0 Å². The van der Waals surface area contributed by atoms with Crippen LogP contribution in [0, 0.1) is 5.41 Å². The van der Waals surface area contributed by atoms with E-state index in [1.54, 1.807) is 13.0 Å². The van der Waals surface area contributed by atoms with Crippen molar-refractivity contribution in [1.29, 1.82) is 0 Å². The van der Waals surface area contributed by atoms with Gasteiger partial charge in [-0.2, -0.15) is 0 Å². The van der Waals surface area contributed by atoms with Crippen LogP contribution < -0.4 is 0 Å². The third kappa shape index (κ3) is 4.66. The number of allylic oxidation sites excluding steroid dienone is 4. The molecule has 0 bridgehead atoms. The summed E-state index contributed by atoms with van der Waals surface area (Å²) >= 11 is 0. The number of hydrogen-bond acceptors (Lipinski definition) is 1. The van der Waals surface area contributed by atoms with E-state index < -0.39 is 0 Å². The molecule has 0 saturated carbocycles. The van der Waals surface area contributed by atoms with Crippen molar-refractivity contribution in [3.63, 3.8) is 0 Å². The molecule has 0 unspecified atom stereocenters. The molecule has 0 aliphatic heterocycles. The molecule has 0 spiro atoms. The zero-order valence-corrected chi connectivity index (χ0v) is 9.68. The summed E-state index contributed by atoms with van der Waals surface area (Å²) in [6.07, 6.45) is 7.38. The van der Waals surface area contributed by atoms with Gasteiger partial charge in [0.25, 0.3) is 0 Å². The van der Waals surface area contributed by atoms with Crippen LogP contribution in [0.25, 0.3) is 0 Å². The summed E-state index contributed by atoms with van der Waals surface area (Å²) in [4.78, 5) is 10.9. The summed E-state index contributed by atoms with van der Waals surface area (Å²) in [5.74, 6) is 0.131. The molecule has 1 rings (SSSR count). The first-order valence-electron chi connectivity index (χ1n) is 5.32. The number of carbonyl (C=O) groups is 1. The Morgan fingerprint density at radius 1 is 1.40 bits per heavy atom. The van der Waals surface area contributed by atoms with Crippen LogP contribution in [-0.4, -0.2) is 57.2 Å². The van der Waals surface area contributed by atoms with Gasteiger partial charge in [0.15, 0.2) is 5.78 Å². The van der Waals surface area contributed by atoms with Crippen LogP contribution >= 0.6 is 0 Å². The minimum absolute atomic E-state index is 0. The molecule has 0 heterocycles. The molecule has 15 heavy (non-hydrogen) atoms. The number of hydrogen-bond donors (Lipinski definition) is 0. The fraction of sp³-hybridized carbons (Fsp3) is 0.615. The van der Waals surface area contributed by atoms with E-state index in [2.05, 4.69) is 20.8 Å². The summed E-state index contributed by atoms with van der Waals surface area (Å²) in [6, 6.07) is 0. The first kappa shape index (κ1) is 15.8. The third-order valence-electron chi connectivity index (χ3n) is 3.03. The van der Waals surface area contributed by atoms with E-state index in [1.807, 2.05) is 6.08 Å². The Labute approximate surface area is 136 Å². The second-order valence-electron chi connectivity index (χ2n) is 4.88. The maximum atomic E-state index is 10.9. The van der Waals surface area contributed by atoms with Gasteiger partial charge in [-0.25, -0.2) is 0 Å². The Morgan fingerprint density at radius 3 is 2.47 bits per heavy atom. The summed E-state index contributed by atoms with van der Waals surface area (Å²) < 4.78 is 0. The van der Waals surface area contributed by atoms with Crippen molar-refractivity contribution in [3.05, 3.63) is 23.3 Å². The van der Waals surface area contributed by atoms with Crippen molar-refractivity contribution >= 4 is 57.2 Å². The Balaban J connectivity index is 0.00000196. The SMILES string of the molecule is CC(=O)/C=C/C1=C(C)CCCC1(C)C.[KH]. The van der Waals surface area contributed by atoms with Crippen molar-refractivity contribution in [2.75, 3.05) is 0 Å². The standard InChI is InChI=1S/C13H20O.K.H/c1-10-6-5-9-13(3,4)12(10)8-7-11(2)14;;/h7-8H,5-6,9H2,1-4H3;;/b8-7+;;. The van der Waals surface area contributed by atoms with Gasteiger partial charge in [-0.05, 0) is 50.2 Å². The van der Waals surface area contributed by atoms with Gasteiger partial charge >= 0.3 is 51.4 Å². The molecule has 1 aliphatic carbocycles. The quantitative estimate of drug-likeness (QED) is 0.528. The molecule has 0 aromatic rings. The molecule has 2 heteroatoms. The molecular formula is C13H21KO. The van der Waals surface area contributed by atoms with Crippen molar-refractivity contribution in [2.45, 2.75) is 47.0 Å². The Bertz CT molecular complexity index is 298. The van der Waals surface area contributed by atoms with E-state index in [9.17, 15) is 4.79 Å². The Kier molecular flexibility index (Phi) is 6.85. The molecule has 0 amide bonds. The summed E-state index contributed by atoms with van der Waals surface area (Å²) in [6.45, 7) is 8.30. The Hall–Kier alpha value is 0.786. The molecule has 0 atom stereocenters. The number of rotatable bonds is 2. The molecule has 0 aromatic carbocycles. The average Bonchev–Trinajstić information content (AvgIpc) is 2.01. The van der Waals surface area contributed by atoms with Gasteiger partial charge in [0, 0.05) is 0 Å². The molecule has 1 aliphatic rings. The molecular weight excluding hydrogens is 211 g/mol. The second-order valence-corrected chi connectivity index (χ2v) is 4.88. The van der Waals surface area contributed by atoms with Crippen LogP contribution in [-0.2, 0) is 4.79 Å². The minimum atomic E-state index is 0. The third-order valence-corrected chi connectivity index (χ3v) is 3.03. The second kappa shape index (κ2) is 6.50. The van der Waals surface area contributed by atoms with Gasteiger partial charge in [0.05, 0.1) is 0 Å². The number of ketones is 1. The van der Waals surface area contributed by atoms with Gasteiger partial charge in [0.1, 0.15) is 0 Å². The van der Waals surface area contributed by atoms with Gasteiger partial charge in [0.2, 0.25) is 0 Å².